The molecule has 80 valence electrons. The highest BCUT2D eigenvalue weighted by molar-refractivity contribution is 4.65. The minimum Gasteiger partial charge on any atom is -0.394 e. The predicted octanol–water partition coefficient (Wildman–Crippen LogP) is -0.254. The van der Waals surface area contributed by atoms with Crippen molar-refractivity contribution in [3.05, 3.63) is 0 Å². The highest BCUT2D eigenvalue weighted by Gasteiger charge is 2.10. The van der Waals surface area contributed by atoms with E-state index in [1.807, 2.05) is 0 Å². The molecule has 0 aliphatic rings. The molecule has 0 radical (unpaired) electrons. The Kier molecular flexibility index (Phi) is 7.17. The first-order valence-corrected chi connectivity index (χ1v) is 4.68. The van der Waals surface area contributed by atoms with Gasteiger partial charge in [-0.15, -0.1) is 0 Å². The van der Waals surface area contributed by atoms with E-state index < -0.39 is 5.60 Å². The summed E-state index contributed by atoms with van der Waals surface area (Å²) >= 11 is 0. The molecule has 0 bridgehead atoms. The van der Waals surface area contributed by atoms with Crippen LogP contribution in [0.5, 0.6) is 0 Å². The van der Waals surface area contributed by atoms with Crippen molar-refractivity contribution in [1.82, 2.24) is 5.32 Å². The van der Waals surface area contributed by atoms with E-state index in [2.05, 4.69) is 5.32 Å². The van der Waals surface area contributed by atoms with Gasteiger partial charge in [-0.1, -0.05) is 0 Å². The SMILES string of the molecule is CC(C)(O)CCNCCOCCO. The molecule has 4 heteroatoms. The van der Waals surface area contributed by atoms with Crippen LogP contribution in [-0.2, 0) is 4.74 Å². The molecule has 0 atom stereocenters. The fourth-order valence-corrected chi connectivity index (χ4v) is 0.830. The summed E-state index contributed by atoms with van der Waals surface area (Å²) in [4.78, 5) is 0. The van der Waals surface area contributed by atoms with Crippen molar-refractivity contribution in [3.8, 4) is 0 Å². The quantitative estimate of drug-likeness (QED) is 0.463. The van der Waals surface area contributed by atoms with Crippen LogP contribution >= 0.6 is 0 Å². The number of ether oxygens (including phenoxy) is 1. The summed E-state index contributed by atoms with van der Waals surface area (Å²) in [5.41, 5.74) is -0.598. The van der Waals surface area contributed by atoms with Crippen LogP contribution in [0.15, 0.2) is 0 Å². The molecule has 0 aromatic carbocycles. The second-order valence-corrected chi connectivity index (χ2v) is 3.65. The lowest BCUT2D eigenvalue weighted by Crippen LogP contribution is -2.28. The van der Waals surface area contributed by atoms with E-state index in [9.17, 15) is 5.11 Å². The number of nitrogens with one attached hydrogen (secondary N) is 1. The van der Waals surface area contributed by atoms with Gasteiger partial charge in [-0.3, -0.25) is 0 Å². The molecule has 0 aromatic heterocycles. The molecule has 0 fully saturated rings. The summed E-state index contributed by atoms with van der Waals surface area (Å²) in [6, 6.07) is 0. The number of aliphatic hydroxyl groups is 2. The van der Waals surface area contributed by atoms with Crippen molar-refractivity contribution in [2.75, 3.05) is 32.9 Å². The fraction of sp³-hybridized carbons (Fsp3) is 1.00. The second-order valence-electron chi connectivity index (χ2n) is 3.65. The van der Waals surface area contributed by atoms with Crippen LogP contribution in [0, 0.1) is 0 Å². The predicted molar refractivity (Wildman–Crippen MR) is 51.7 cm³/mol. The third-order valence-electron chi connectivity index (χ3n) is 1.57. The van der Waals surface area contributed by atoms with Crippen LogP contribution in [0.3, 0.4) is 0 Å². The molecule has 13 heavy (non-hydrogen) atoms. The average Bonchev–Trinajstić information content (AvgIpc) is 2.01. The van der Waals surface area contributed by atoms with Gasteiger partial charge in [0, 0.05) is 6.54 Å². The maximum absolute atomic E-state index is 9.35. The zero-order valence-corrected chi connectivity index (χ0v) is 8.55. The molecule has 0 spiro atoms. The fourth-order valence-electron chi connectivity index (χ4n) is 0.830. The Bertz CT molecular complexity index is 112. The van der Waals surface area contributed by atoms with Gasteiger partial charge in [-0.25, -0.2) is 0 Å². The van der Waals surface area contributed by atoms with Crippen LogP contribution in [0.25, 0.3) is 0 Å². The van der Waals surface area contributed by atoms with Gasteiger partial charge < -0.3 is 20.3 Å². The molecule has 0 rings (SSSR count). The molecule has 0 unspecified atom stereocenters. The third-order valence-corrected chi connectivity index (χ3v) is 1.57. The molecule has 0 heterocycles. The number of aliphatic hydroxyl groups excluding tert-OH is 1. The zero-order valence-electron chi connectivity index (χ0n) is 8.55. The van der Waals surface area contributed by atoms with E-state index in [-0.39, 0.29) is 6.61 Å². The maximum atomic E-state index is 9.35. The molecule has 0 saturated heterocycles. The Balaban J connectivity index is 3.00. The van der Waals surface area contributed by atoms with Gasteiger partial charge in [0.05, 0.1) is 25.4 Å². The van der Waals surface area contributed by atoms with Crippen LogP contribution < -0.4 is 5.32 Å². The summed E-state index contributed by atoms with van der Waals surface area (Å²) in [6.45, 7) is 6.19. The van der Waals surface area contributed by atoms with Crippen molar-refractivity contribution in [1.29, 1.82) is 0 Å². The van der Waals surface area contributed by atoms with Gasteiger partial charge in [0.1, 0.15) is 0 Å². The Morgan fingerprint density at radius 3 is 2.46 bits per heavy atom. The van der Waals surface area contributed by atoms with Crippen molar-refractivity contribution in [2.24, 2.45) is 0 Å². The first-order chi connectivity index (χ1) is 6.06. The Labute approximate surface area is 79.9 Å². The van der Waals surface area contributed by atoms with E-state index >= 15 is 0 Å². The molecule has 0 aliphatic carbocycles. The van der Waals surface area contributed by atoms with Gasteiger partial charge in [0.2, 0.25) is 0 Å². The van der Waals surface area contributed by atoms with Gasteiger partial charge >= 0.3 is 0 Å². The smallest absolute Gasteiger partial charge is 0.0698 e. The molecular formula is C9H21NO3. The lowest BCUT2D eigenvalue weighted by atomic mass is 10.1. The molecule has 0 saturated carbocycles. The highest BCUT2D eigenvalue weighted by atomic mass is 16.5. The first-order valence-electron chi connectivity index (χ1n) is 4.68. The molecule has 0 aliphatic heterocycles. The first kappa shape index (κ1) is 12.8. The van der Waals surface area contributed by atoms with Crippen LogP contribution in [-0.4, -0.2) is 48.7 Å². The van der Waals surface area contributed by atoms with Crippen molar-refractivity contribution < 1.29 is 14.9 Å². The van der Waals surface area contributed by atoms with E-state index in [4.69, 9.17) is 9.84 Å². The third kappa shape index (κ3) is 11.8. The normalized spacial score (nSPS) is 12.0. The van der Waals surface area contributed by atoms with Gasteiger partial charge in [-0.05, 0) is 26.8 Å². The summed E-state index contributed by atoms with van der Waals surface area (Å²) in [6.07, 6.45) is 0.729. The van der Waals surface area contributed by atoms with E-state index in [0.717, 1.165) is 19.5 Å². The van der Waals surface area contributed by atoms with Crippen molar-refractivity contribution in [3.63, 3.8) is 0 Å². The van der Waals surface area contributed by atoms with Crippen LogP contribution in [0.4, 0.5) is 0 Å². The Hall–Kier alpha value is -0.160. The summed E-state index contributed by atoms with van der Waals surface area (Å²) in [7, 11) is 0. The van der Waals surface area contributed by atoms with Gasteiger partial charge in [0.15, 0.2) is 0 Å². The number of hydrogen-bond acceptors (Lipinski definition) is 4. The van der Waals surface area contributed by atoms with Crippen LogP contribution in [0.1, 0.15) is 20.3 Å². The maximum Gasteiger partial charge on any atom is 0.0698 e. The molecule has 3 N–H and O–H groups in total. The molecule has 0 aromatic rings. The van der Waals surface area contributed by atoms with E-state index in [1.165, 1.54) is 0 Å². The van der Waals surface area contributed by atoms with E-state index in [0.29, 0.717) is 13.2 Å². The lowest BCUT2D eigenvalue weighted by Gasteiger charge is -2.16. The summed E-state index contributed by atoms with van der Waals surface area (Å²) in [5.74, 6) is 0. The zero-order chi connectivity index (χ0) is 10.2. The molecule has 0 amide bonds. The minimum absolute atomic E-state index is 0.0731. The summed E-state index contributed by atoms with van der Waals surface area (Å²) in [5, 5.41) is 20.9. The summed E-state index contributed by atoms with van der Waals surface area (Å²) < 4.78 is 5.04. The molecular weight excluding hydrogens is 170 g/mol. The lowest BCUT2D eigenvalue weighted by molar-refractivity contribution is 0.0683. The van der Waals surface area contributed by atoms with Crippen molar-refractivity contribution >= 4 is 0 Å². The molecule has 4 nitrogen and oxygen atoms in total. The van der Waals surface area contributed by atoms with Crippen LogP contribution in [0.2, 0.25) is 0 Å². The minimum atomic E-state index is -0.598. The topological polar surface area (TPSA) is 61.7 Å². The number of rotatable bonds is 8. The Morgan fingerprint density at radius 2 is 1.92 bits per heavy atom. The van der Waals surface area contributed by atoms with E-state index in [1.54, 1.807) is 13.8 Å². The van der Waals surface area contributed by atoms with Gasteiger partial charge in [-0.2, -0.15) is 0 Å². The Morgan fingerprint density at radius 1 is 1.23 bits per heavy atom. The monoisotopic (exact) mass is 191 g/mol. The largest absolute Gasteiger partial charge is 0.394 e. The standard InChI is InChI=1S/C9H21NO3/c1-9(2,12)3-4-10-5-7-13-8-6-11/h10-12H,3-8H2,1-2H3. The average molecular weight is 191 g/mol. The highest BCUT2D eigenvalue weighted by Crippen LogP contribution is 2.04. The van der Waals surface area contributed by atoms with Crippen molar-refractivity contribution in [2.45, 2.75) is 25.9 Å². The van der Waals surface area contributed by atoms with Gasteiger partial charge in [0.25, 0.3) is 0 Å². The number of hydrogen-bond donors (Lipinski definition) is 3. The second kappa shape index (κ2) is 7.26.